The molecule has 96 valence electrons. The van der Waals surface area contributed by atoms with Gasteiger partial charge in [-0.1, -0.05) is 24.6 Å². The average Bonchev–Trinajstić information content (AvgIpc) is 2.76. The number of hydrogen-bond donors (Lipinski definition) is 1. The van der Waals surface area contributed by atoms with Crippen molar-refractivity contribution in [2.24, 2.45) is 0 Å². The Bertz CT molecular complexity index is 544. The van der Waals surface area contributed by atoms with Crippen LogP contribution >= 0.6 is 50.1 Å². The smallest absolute Gasteiger partial charge is 0.169 e. The highest BCUT2D eigenvalue weighted by atomic mass is 127. The first-order chi connectivity index (χ1) is 8.61. The summed E-state index contributed by atoms with van der Waals surface area (Å²) in [7, 11) is 0. The van der Waals surface area contributed by atoms with E-state index < -0.39 is 0 Å². The Hall–Kier alpha value is -0.0400. The molecule has 1 unspecified atom stereocenters. The highest BCUT2D eigenvalue weighted by molar-refractivity contribution is 14.1. The number of furan rings is 1. The normalized spacial score (nSPS) is 12.7. The molecule has 5 heteroatoms. The molecule has 0 amide bonds. The van der Waals surface area contributed by atoms with Crippen molar-refractivity contribution < 1.29 is 4.42 Å². The summed E-state index contributed by atoms with van der Waals surface area (Å²) in [6.07, 6.45) is 0. The molecule has 0 saturated carbocycles. The lowest BCUT2D eigenvalue weighted by atomic mass is 10.0. The summed E-state index contributed by atoms with van der Waals surface area (Å²) in [5, 5.41) is 4.16. The van der Waals surface area contributed by atoms with Crippen molar-refractivity contribution in [1.82, 2.24) is 5.32 Å². The van der Waals surface area contributed by atoms with Crippen molar-refractivity contribution >= 4 is 50.1 Å². The van der Waals surface area contributed by atoms with Gasteiger partial charge in [0.25, 0.3) is 0 Å². The molecule has 0 spiro atoms. The van der Waals surface area contributed by atoms with Gasteiger partial charge in [-0.15, -0.1) is 0 Å². The van der Waals surface area contributed by atoms with Gasteiger partial charge in [0, 0.05) is 3.57 Å². The molecule has 1 heterocycles. The van der Waals surface area contributed by atoms with Crippen molar-refractivity contribution in [2.45, 2.75) is 13.0 Å². The first kappa shape index (κ1) is 14.4. The SMILES string of the molecule is CCNC(c1ccc(I)c(Cl)c1)c1ccc(Br)o1. The van der Waals surface area contributed by atoms with E-state index >= 15 is 0 Å². The van der Waals surface area contributed by atoms with Gasteiger partial charge in [0.1, 0.15) is 5.76 Å². The third-order valence-electron chi connectivity index (χ3n) is 2.56. The van der Waals surface area contributed by atoms with Crippen molar-refractivity contribution in [3.8, 4) is 0 Å². The van der Waals surface area contributed by atoms with Crippen LogP contribution in [0, 0.1) is 3.57 Å². The van der Waals surface area contributed by atoms with Gasteiger partial charge < -0.3 is 9.73 Å². The molecule has 0 bridgehead atoms. The lowest BCUT2D eigenvalue weighted by Crippen LogP contribution is -2.21. The minimum Gasteiger partial charge on any atom is -0.452 e. The maximum atomic E-state index is 6.18. The molecule has 0 aliphatic carbocycles. The predicted molar refractivity (Wildman–Crippen MR) is 86.1 cm³/mol. The van der Waals surface area contributed by atoms with Crippen LogP contribution in [0.25, 0.3) is 0 Å². The number of nitrogens with one attached hydrogen (secondary N) is 1. The lowest BCUT2D eigenvalue weighted by molar-refractivity contribution is 0.437. The number of hydrogen-bond acceptors (Lipinski definition) is 2. The Kier molecular flexibility index (Phi) is 5.12. The van der Waals surface area contributed by atoms with Gasteiger partial charge in [0.15, 0.2) is 4.67 Å². The monoisotopic (exact) mass is 439 g/mol. The van der Waals surface area contributed by atoms with Crippen LogP contribution in [0.1, 0.15) is 24.3 Å². The van der Waals surface area contributed by atoms with Gasteiger partial charge in [-0.25, -0.2) is 0 Å². The molecule has 1 atom stereocenters. The van der Waals surface area contributed by atoms with Crippen molar-refractivity contribution in [2.75, 3.05) is 6.54 Å². The first-order valence-electron chi connectivity index (χ1n) is 5.55. The Labute approximate surface area is 133 Å². The van der Waals surface area contributed by atoms with Crippen LogP contribution in [0.2, 0.25) is 5.02 Å². The summed E-state index contributed by atoms with van der Waals surface area (Å²) in [6, 6.07) is 9.94. The topological polar surface area (TPSA) is 25.2 Å². The van der Waals surface area contributed by atoms with E-state index in [4.69, 9.17) is 16.0 Å². The Morgan fingerprint density at radius 2 is 2.17 bits per heavy atom. The summed E-state index contributed by atoms with van der Waals surface area (Å²) in [6.45, 7) is 2.92. The van der Waals surface area contributed by atoms with Crippen LogP contribution in [0.5, 0.6) is 0 Å². The zero-order valence-electron chi connectivity index (χ0n) is 9.71. The molecular formula is C13H12BrClINO. The van der Waals surface area contributed by atoms with Gasteiger partial charge in [-0.2, -0.15) is 0 Å². The molecule has 0 aliphatic rings. The lowest BCUT2D eigenvalue weighted by Gasteiger charge is -2.16. The van der Waals surface area contributed by atoms with Crippen molar-refractivity contribution in [1.29, 1.82) is 0 Å². The average molecular weight is 441 g/mol. The molecule has 1 aromatic carbocycles. The highest BCUT2D eigenvalue weighted by Crippen LogP contribution is 2.29. The second kappa shape index (κ2) is 6.41. The van der Waals surface area contributed by atoms with E-state index in [2.05, 4.69) is 56.8 Å². The van der Waals surface area contributed by atoms with E-state index in [-0.39, 0.29) is 6.04 Å². The Morgan fingerprint density at radius 1 is 1.39 bits per heavy atom. The molecule has 1 aromatic heterocycles. The van der Waals surface area contributed by atoms with E-state index in [9.17, 15) is 0 Å². The number of halogens is 3. The zero-order valence-corrected chi connectivity index (χ0v) is 14.2. The minimum atomic E-state index is 0.0239. The summed E-state index contributed by atoms with van der Waals surface area (Å²) in [5.41, 5.74) is 1.10. The molecule has 2 rings (SSSR count). The second-order valence-electron chi connectivity index (χ2n) is 3.81. The summed E-state index contributed by atoms with van der Waals surface area (Å²) < 4.78 is 7.42. The summed E-state index contributed by atoms with van der Waals surface area (Å²) in [5.74, 6) is 0.876. The summed E-state index contributed by atoms with van der Waals surface area (Å²) >= 11 is 11.7. The van der Waals surface area contributed by atoms with Crippen molar-refractivity contribution in [3.63, 3.8) is 0 Å². The fraction of sp³-hybridized carbons (Fsp3) is 0.231. The Balaban J connectivity index is 2.37. The van der Waals surface area contributed by atoms with Crippen LogP contribution in [0.15, 0.2) is 39.4 Å². The molecule has 0 saturated heterocycles. The van der Waals surface area contributed by atoms with Crippen LogP contribution in [-0.4, -0.2) is 6.54 Å². The highest BCUT2D eigenvalue weighted by Gasteiger charge is 2.17. The molecule has 0 fully saturated rings. The van der Waals surface area contributed by atoms with Crippen LogP contribution in [0.4, 0.5) is 0 Å². The molecule has 18 heavy (non-hydrogen) atoms. The fourth-order valence-corrected chi connectivity index (χ4v) is 2.61. The van der Waals surface area contributed by atoms with Crippen LogP contribution in [0.3, 0.4) is 0 Å². The maximum absolute atomic E-state index is 6.18. The molecule has 2 nitrogen and oxygen atoms in total. The number of benzene rings is 1. The van der Waals surface area contributed by atoms with Gasteiger partial charge >= 0.3 is 0 Å². The second-order valence-corrected chi connectivity index (χ2v) is 6.16. The van der Waals surface area contributed by atoms with Crippen LogP contribution in [-0.2, 0) is 0 Å². The minimum absolute atomic E-state index is 0.0239. The van der Waals surface area contributed by atoms with Gasteiger partial charge in [0.05, 0.1) is 11.1 Å². The van der Waals surface area contributed by atoms with E-state index in [1.54, 1.807) is 0 Å². The van der Waals surface area contributed by atoms with E-state index in [1.807, 2.05) is 24.3 Å². The van der Waals surface area contributed by atoms with E-state index in [1.165, 1.54) is 0 Å². The van der Waals surface area contributed by atoms with E-state index in [0.29, 0.717) is 0 Å². The molecule has 2 aromatic rings. The third kappa shape index (κ3) is 3.29. The Morgan fingerprint density at radius 3 is 2.72 bits per heavy atom. The number of rotatable bonds is 4. The first-order valence-corrected chi connectivity index (χ1v) is 7.80. The van der Waals surface area contributed by atoms with Gasteiger partial charge in [-0.3, -0.25) is 0 Å². The largest absolute Gasteiger partial charge is 0.452 e. The molecule has 1 N–H and O–H groups in total. The third-order valence-corrected chi connectivity index (χ3v) is 4.56. The van der Waals surface area contributed by atoms with Gasteiger partial charge in [0.2, 0.25) is 0 Å². The molecule has 0 aliphatic heterocycles. The van der Waals surface area contributed by atoms with Crippen LogP contribution < -0.4 is 5.32 Å². The standard InChI is InChI=1S/C13H12BrClINO/c1-2-17-13(11-5-6-12(14)18-11)8-3-4-10(16)9(15)7-8/h3-7,13,17H,2H2,1H3. The maximum Gasteiger partial charge on any atom is 0.169 e. The predicted octanol–water partition coefficient (Wildman–Crippen LogP) is 5.00. The quantitative estimate of drug-likeness (QED) is 0.677. The fourth-order valence-electron chi connectivity index (χ4n) is 1.76. The molecular weight excluding hydrogens is 428 g/mol. The molecule has 0 radical (unpaired) electrons. The summed E-state index contributed by atoms with van der Waals surface area (Å²) in [4.78, 5) is 0. The van der Waals surface area contributed by atoms with E-state index in [0.717, 1.165) is 31.1 Å². The van der Waals surface area contributed by atoms with Gasteiger partial charge in [-0.05, 0) is 74.9 Å². The zero-order chi connectivity index (χ0) is 13.1. The van der Waals surface area contributed by atoms with Crippen molar-refractivity contribution in [3.05, 3.63) is 54.9 Å².